The molecule has 0 fully saturated rings. The quantitative estimate of drug-likeness (QED) is 0.506. The molecule has 7 nitrogen and oxygen atoms in total. The van der Waals surface area contributed by atoms with Crippen LogP contribution in [0.4, 0.5) is 17.1 Å². The van der Waals surface area contributed by atoms with Crippen LogP contribution in [0.2, 0.25) is 0 Å². The average Bonchev–Trinajstić information content (AvgIpc) is 2.94. The minimum atomic E-state index is -0.433. The van der Waals surface area contributed by atoms with Crippen LogP contribution in [0.5, 0.6) is 11.5 Å². The van der Waals surface area contributed by atoms with Gasteiger partial charge in [-0.3, -0.25) is 20.1 Å². The van der Waals surface area contributed by atoms with Gasteiger partial charge in [-0.25, -0.2) is 0 Å². The summed E-state index contributed by atoms with van der Waals surface area (Å²) in [6.07, 6.45) is 0.288. The van der Waals surface area contributed by atoms with E-state index in [0.717, 1.165) is 0 Å². The number of aromatic hydroxyl groups is 1. The van der Waals surface area contributed by atoms with E-state index < -0.39 is 4.92 Å². The predicted molar refractivity (Wildman–Crippen MR) is 111 cm³/mol. The summed E-state index contributed by atoms with van der Waals surface area (Å²) in [4.78, 5) is 20.2. The molecule has 1 aliphatic rings. The number of rotatable bonds is 4. The van der Waals surface area contributed by atoms with Gasteiger partial charge >= 0.3 is 0 Å². The number of aliphatic imine (C=N–C) groups is 2. The highest BCUT2D eigenvalue weighted by molar-refractivity contribution is 6.21. The van der Waals surface area contributed by atoms with Gasteiger partial charge in [-0.15, -0.1) is 0 Å². The van der Waals surface area contributed by atoms with Gasteiger partial charge in [0.25, 0.3) is 5.69 Å². The summed E-state index contributed by atoms with van der Waals surface area (Å²) < 4.78 is 5.28. The van der Waals surface area contributed by atoms with Gasteiger partial charge in [-0.2, -0.15) is 0 Å². The van der Waals surface area contributed by atoms with Crippen LogP contribution >= 0.6 is 0 Å². The van der Waals surface area contributed by atoms with Crippen molar-refractivity contribution in [2.24, 2.45) is 9.98 Å². The van der Waals surface area contributed by atoms with Crippen molar-refractivity contribution in [3.63, 3.8) is 0 Å². The van der Waals surface area contributed by atoms with Crippen LogP contribution < -0.4 is 4.74 Å². The molecule has 4 rings (SSSR count). The van der Waals surface area contributed by atoms with Crippen LogP contribution in [0, 0.1) is 10.1 Å². The first-order valence-corrected chi connectivity index (χ1v) is 8.91. The normalized spacial score (nSPS) is 13.0. The van der Waals surface area contributed by atoms with Crippen LogP contribution in [0.1, 0.15) is 17.5 Å². The topological polar surface area (TPSA) is 97.3 Å². The number of methoxy groups -OCH3 is 1. The number of phenols is 1. The van der Waals surface area contributed by atoms with E-state index in [-0.39, 0.29) is 17.9 Å². The Morgan fingerprint density at radius 3 is 2.38 bits per heavy atom. The number of fused-ring (bicyclic) bond motifs is 1. The summed E-state index contributed by atoms with van der Waals surface area (Å²) in [6, 6.07) is 18.7. The molecule has 0 aliphatic carbocycles. The molecule has 0 spiro atoms. The molecule has 144 valence electrons. The summed E-state index contributed by atoms with van der Waals surface area (Å²) in [6.45, 7) is 0. The lowest BCUT2D eigenvalue weighted by molar-refractivity contribution is -0.384. The Morgan fingerprint density at radius 2 is 1.69 bits per heavy atom. The molecule has 3 aromatic carbocycles. The van der Waals surface area contributed by atoms with Crippen LogP contribution in [-0.2, 0) is 0 Å². The number of hydrogen-bond acceptors (Lipinski definition) is 6. The summed E-state index contributed by atoms with van der Waals surface area (Å²) >= 11 is 0. The van der Waals surface area contributed by atoms with E-state index in [4.69, 9.17) is 14.7 Å². The molecule has 1 N–H and O–H groups in total. The molecular weight excluding hydrogens is 370 g/mol. The molecule has 1 aliphatic heterocycles. The number of phenolic OH excluding ortho intramolecular Hbond substituents is 1. The number of benzene rings is 3. The van der Waals surface area contributed by atoms with Crippen LogP contribution in [0.15, 0.2) is 76.7 Å². The lowest BCUT2D eigenvalue weighted by Gasteiger charge is -2.11. The fourth-order valence-electron chi connectivity index (χ4n) is 3.18. The molecule has 0 unspecified atom stereocenters. The molecule has 3 aromatic rings. The molecule has 0 atom stereocenters. The molecule has 0 aromatic heterocycles. The Hall–Kier alpha value is -4.00. The summed E-state index contributed by atoms with van der Waals surface area (Å²) in [7, 11) is 1.55. The molecule has 0 saturated heterocycles. The van der Waals surface area contributed by atoms with Crippen molar-refractivity contribution in [2.45, 2.75) is 6.42 Å². The third-order valence-electron chi connectivity index (χ3n) is 4.63. The van der Waals surface area contributed by atoms with E-state index in [2.05, 4.69) is 0 Å². The molecule has 1 heterocycles. The lowest BCUT2D eigenvalue weighted by Crippen LogP contribution is -2.10. The van der Waals surface area contributed by atoms with Crippen LogP contribution in [0.3, 0.4) is 0 Å². The third kappa shape index (κ3) is 3.70. The van der Waals surface area contributed by atoms with Crippen molar-refractivity contribution in [1.82, 2.24) is 0 Å². The summed E-state index contributed by atoms with van der Waals surface area (Å²) in [5.41, 5.74) is 3.68. The van der Waals surface area contributed by atoms with Gasteiger partial charge in [0.15, 0.2) is 0 Å². The third-order valence-corrected chi connectivity index (χ3v) is 4.63. The minimum Gasteiger partial charge on any atom is -0.507 e. The van der Waals surface area contributed by atoms with Gasteiger partial charge in [0.1, 0.15) is 11.5 Å². The van der Waals surface area contributed by atoms with Gasteiger partial charge in [0.05, 0.1) is 34.8 Å². The van der Waals surface area contributed by atoms with Gasteiger partial charge in [0, 0.05) is 29.7 Å². The lowest BCUT2D eigenvalue weighted by atomic mass is 9.98. The van der Waals surface area contributed by atoms with Crippen molar-refractivity contribution in [3.05, 3.63) is 88.0 Å². The van der Waals surface area contributed by atoms with Gasteiger partial charge in [0.2, 0.25) is 0 Å². The highest BCUT2D eigenvalue weighted by atomic mass is 16.6. The van der Waals surface area contributed by atoms with Crippen LogP contribution in [0.25, 0.3) is 0 Å². The average molecular weight is 387 g/mol. The maximum absolute atomic E-state index is 11.2. The van der Waals surface area contributed by atoms with Gasteiger partial charge in [-0.1, -0.05) is 24.3 Å². The second-order valence-electron chi connectivity index (χ2n) is 6.47. The standard InChI is InChI=1S/C22H17N3O4/c1-29-16-9-10-22(26)17(12-16)21-13-20(14-5-4-6-15(11-14)25(27)28)23-18-7-2-3-8-19(18)24-21/h2-12,26H,13H2,1H3. The smallest absolute Gasteiger partial charge is 0.270 e. The molecule has 0 bridgehead atoms. The zero-order valence-corrected chi connectivity index (χ0v) is 15.6. The molecule has 0 amide bonds. The zero-order chi connectivity index (χ0) is 20.4. The first-order valence-electron chi connectivity index (χ1n) is 8.91. The Balaban J connectivity index is 1.88. The van der Waals surface area contributed by atoms with Crippen molar-refractivity contribution >= 4 is 28.5 Å². The largest absolute Gasteiger partial charge is 0.507 e. The Labute approximate surface area is 166 Å². The van der Waals surface area contributed by atoms with E-state index in [9.17, 15) is 15.2 Å². The predicted octanol–water partition coefficient (Wildman–Crippen LogP) is 4.95. The van der Waals surface area contributed by atoms with Gasteiger partial charge in [-0.05, 0) is 30.3 Å². The highest BCUT2D eigenvalue weighted by Gasteiger charge is 2.20. The number of non-ortho nitro benzene ring substituents is 1. The first-order chi connectivity index (χ1) is 14.0. The Morgan fingerprint density at radius 1 is 0.966 bits per heavy atom. The fourth-order valence-corrected chi connectivity index (χ4v) is 3.18. The molecular formula is C22H17N3O4. The van der Waals surface area contributed by atoms with E-state index in [1.807, 2.05) is 24.3 Å². The van der Waals surface area contributed by atoms with Crippen molar-refractivity contribution in [2.75, 3.05) is 7.11 Å². The summed E-state index contributed by atoms with van der Waals surface area (Å²) in [5.74, 6) is 0.661. The summed E-state index contributed by atoms with van der Waals surface area (Å²) in [5, 5.41) is 21.6. The number of hydrogen-bond donors (Lipinski definition) is 1. The van der Waals surface area contributed by atoms with Crippen molar-refractivity contribution in [3.8, 4) is 11.5 Å². The molecule has 0 saturated carbocycles. The number of para-hydroxylation sites is 2. The highest BCUT2D eigenvalue weighted by Crippen LogP contribution is 2.35. The van der Waals surface area contributed by atoms with Crippen molar-refractivity contribution < 1.29 is 14.8 Å². The van der Waals surface area contributed by atoms with Gasteiger partial charge < -0.3 is 9.84 Å². The van der Waals surface area contributed by atoms with Crippen LogP contribution in [-0.4, -0.2) is 28.6 Å². The number of nitro groups is 1. The van der Waals surface area contributed by atoms with E-state index >= 15 is 0 Å². The molecule has 0 radical (unpaired) electrons. The molecule has 7 heteroatoms. The zero-order valence-electron chi connectivity index (χ0n) is 15.6. The Kier molecular flexibility index (Phi) is 4.78. The monoisotopic (exact) mass is 387 g/mol. The van der Waals surface area contributed by atoms with E-state index in [1.165, 1.54) is 12.1 Å². The van der Waals surface area contributed by atoms with E-state index in [0.29, 0.717) is 39.7 Å². The first kappa shape index (κ1) is 18.4. The Bertz CT molecular complexity index is 1170. The maximum atomic E-state index is 11.2. The SMILES string of the molecule is COc1ccc(O)c(C2=Nc3ccccc3N=C(c3cccc([N+](=O)[O-])c3)C2)c1. The molecule has 29 heavy (non-hydrogen) atoms. The fraction of sp³-hybridized carbons (Fsp3) is 0.0909. The number of ether oxygens (including phenoxy) is 1. The van der Waals surface area contributed by atoms with Crippen molar-refractivity contribution in [1.29, 1.82) is 0 Å². The number of nitro benzene ring substituents is 1. The maximum Gasteiger partial charge on any atom is 0.270 e. The second kappa shape index (κ2) is 7.55. The minimum absolute atomic E-state index is 0.00884. The van der Waals surface area contributed by atoms with E-state index in [1.54, 1.807) is 37.4 Å². The number of nitrogens with zero attached hydrogens (tertiary/aromatic N) is 3. The second-order valence-corrected chi connectivity index (χ2v) is 6.47.